The highest BCUT2D eigenvalue weighted by Crippen LogP contribution is 2.21. The average molecular weight is 355 g/mol. The Morgan fingerprint density at radius 3 is 2.80 bits per heavy atom. The van der Waals surface area contributed by atoms with Crippen molar-refractivity contribution in [2.75, 3.05) is 14.2 Å². The first-order valence-electron chi connectivity index (χ1n) is 7.59. The van der Waals surface area contributed by atoms with Crippen molar-refractivity contribution >= 4 is 23.3 Å². The van der Waals surface area contributed by atoms with E-state index in [4.69, 9.17) is 9.26 Å². The fourth-order valence-corrected chi connectivity index (χ4v) is 2.76. The van der Waals surface area contributed by atoms with E-state index in [1.165, 1.54) is 22.3 Å². The number of carbonyl (C=O) groups excluding carboxylic acids is 1. The fourth-order valence-electron chi connectivity index (χ4n) is 2.12. The molecule has 0 bridgehead atoms. The molecule has 0 unspecified atom stereocenters. The standard InChI is InChI=1S/C18H17N3O3S/c1-21(12-16-19-18(20-24-16)15-4-3-11-25-15)17(22)10-7-13-5-8-14(23-2)9-6-13/h3-11H,12H2,1-2H3/b10-7+. The number of ether oxygens (including phenoxy) is 1. The second kappa shape index (κ2) is 7.76. The summed E-state index contributed by atoms with van der Waals surface area (Å²) < 4.78 is 10.3. The highest BCUT2D eigenvalue weighted by molar-refractivity contribution is 7.13. The summed E-state index contributed by atoms with van der Waals surface area (Å²) in [6.07, 6.45) is 3.27. The van der Waals surface area contributed by atoms with Crippen molar-refractivity contribution < 1.29 is 14.1 Å². The number of aromatic nitrogens is 2. The molecule has 0 aliphatic rings. The number of benzene rings is 1. The summed E-state index contributed by atoms with van der Waals surface area (Å²) in [4.78, 5) is 19.0. The van der Waals surface area contributed by atoms with Gasteiger partial charge in [-0.1, -0.05) is 23.4 Å². The Balaban J connectivity index is 1.59. The van der Waals surface area contributed by atoms with Gasteiger partial charge in [-0.05, 0) is 35.2 Å². The molecule has 7 heteroatoms. The smallest absolute Gasteiger partial charge is 0.246 e. The van der Waals surface area contributed by atoms with Crippen molar-refractivity contribution in [2.45, 2.75) is 6.54 Å². The average Bonchev–Trinajstić information content (AvgIpc) is 3.31. The Morgan fingerprint density at radius 1 is 1.32 bits per heavy atom. The van der Waals surface area contributed by atoms with Crippen LogP contribution in [0.3, 0.4) is 0 Å². The van der Waals surface area contributed by atoms with E-state index in [0.717, 1.165) is 16.2 Å². The van der Waals surface area contributed by atoms with Gasteiger partial charge in [0.25, 0.3) is 0 Å². The molecule has 0 aliphatic carbocycles. The van der Waals surface area contributed by atoms with Gasteiger partial charge < -0.3 is 14.2 Å². The number of methoxy groups -OCH3 is 1. The first-order valence-corrected chi connectivity index (χ1v) is 8.47. The van der Waals surface area contributed by atoms with Crippen molar-refractivity contribution in [3.8, 4) is 16.5 Å². The molecule has 0 atom stereocenters. The number of rotatable bonds is 6. The molecule has 0 saturated carbocycles. The molecule has 6 nitrogen and oxygen atoms in total. The minimum atomic E-state index is -0.147. The Kier molecular flexibility index (Phi) is 5.25. The third-order valence-electron chi connectivity index (χ3n) is 3.49. The van der Waals surface area contributed by atoms with Crippen LogP contribution in [0.4, 0.5) is 0 Å². The lowest BCUT2D eigenvalue weighted by molar-refractivity contribution is -0.125. The number of likely N-dealkylation sites (N-methyl/N-ethyl adjacent to an activating group) is 1. The monoisotopic (exact) mass is 355 g/mol. The molecule has 0 spiro atoms. The van der Waals surface area contributed by atoms with Crippen LogP contribution in [0.1, 0.15) is 11.5 Å². The summed E-state index contributed by atoms with van der Waals surface area (Å²) >= 11 is 1.54. The number of amides is 1. The van der Waals surface area contributed by atoms with Crippen LogP contribution in [0.2, 0.25) is 0 Å². The molecule has 3 rings (SSSR count). The zero-order chi connectivity index (χ0) is 17.6. The molecule has 0 aliphatic heterocycles. The Hall–Kier alpha value is -2.93. The number of thiophene rings is 1. The molecule has 2 heterocycles. The highest BCUT2D eigenvalue weighted by atomic mass is 32.1. The summed E-state index contributed by atoms with van der Waals surface area (Å²) in [5, 5.41) is 5.89. The second-order valence-electron chi connectivity index (χ2n) is 5.29. The molecule has 1 aromatic carbocycles. The molecule has 0 N–H and O–H groups in total. The Labute approximate surface area is 149 Å². The zero-order valence-corrected chi connectivity index (χ0v) is 14.7. The van der Waals surface area contributed by atoms with Crippen molar-refractivity contribution in [3.05, 3.63) is 59.3 Å². The van der Waals surface area contributed by atoms with Crippen LogP contribution in [-0.2, 0) is 11.3 Å². The maximum absolute atomic E-state index is 12.2. The molecule has 2 aromatic heterocycles. The number of hydrogen-bond donors (Lipinski definition) is 0. The van der Waals surface area contributed by atoms with E-state index in [0.29, 0.717) is 11.7 Å². The number of hydrogen-bond acceptors (Lipinski definition) is 6. The van der Waals surface area contributed by atoms with Gasteiger partial charge in [-0.25, -0.2) is 0 Å². The lowest BCUT2D eigenvalue weighted by Gasteiger charge is -2.11. The minimum absolute atomic E-state index is 0.147. The predicted molar refractivity (Wildman–Crippen MR) is 96.1 cm³/mol. The topological polar surface area (TPSA) is 68.5 Å². The van der Waals surface area contributed by atoms with Crippen LogP contribution < -0.4 is 4.74 Å². The summed E-state index contributed by atoms with van der Waals surface area (Å²) in [7, 11) is 3.31. The van der Waals surface area contributed by atoms with Gasteiger partial charge in [0.05, 0.1) is 18.5 Å². The third kappa shape index (κ3) is 4.33. The van der Waals surface area contributed by atoms with E-state index < -0.39 is 0 Å². The van der Waals surface area contributed by atoms with Gasteiger partial charge in [0.1, 0.15) is 5.75 Å². The molecule has 0 radical (unpaired) electrons. The van der Waals surface area contributed by atoms with Gasteiger partial charge in [-0.15, -0.1) is 11.3 Å². The van der Waals surface area contributed by atoms with E-state index in [-0.39, 0.29) is 12.5 Å². The normalized spacial score (nSPS) is 11.0. The van der Waals surface area contributed by atoms with Crippen LogP contribution in [-0.4, -0.2) is 35.1 Å². The molecule has 0 fully saturated rings. The molecule has 1 amide bonds. The summed E-state index contributed by atoms with van der Waals surface area (Å²) in [5.74, 6) is 1.57. The van der Waals surface area contributed by atoms with Gasteiger partial charge in [0, 0.05) is 13.1 Å². The van der Waals surface area contributed by atoms with Crippen LogP contribution in [0.15, 0.2) is 52.4 Å². The first kappa shape index (κ1) is 16.9. The van der Waals surface area contributed by atoms with Crippen LogP contribution in [0, 0.1) is 0 Å². The van der Waals surface area contributed by atoms with Crippen LogP contribution >= 0.6 is 11.3 Å². The van der Waals surface area contributed by atoms with Crippen molar-refractivity contribution in [3.63, 3.8) is 0 Å². The summed E-state index contributed by atoms with van der Waals surface area (Å²) in [6.45, 7) is 0.254. The largest absolute Gasteiger partial charge is 0.497 e. The third-order valence-corrected chi connectivity index (χ3v) is 4.36. The minimum Gasteiger partial charge on any atom is -0.497 e. The number of nitrogens with zero attached hydrogens (tertiary/aromatic N) is 3. The van der Waals surface area contributed by atoms with Gasteiger partial charge in [0.15, 0.2) is 0 Å². The lowest BCUT2D eigenvalue weighted by Crippen LogP contribution is -2.24. The van der Waals surface area contributed by atoms with Crippen LogP contribution in [0.25, 0.3) is 16.8 Å². The fraction of sp³-hybridized carbons (Fsp3) is 0.167. The number of carbonyl (C=O) groups is 1. The molecule has 128 valence electrons. The summed E-state index contributed by atoms with van der Waals surface area (Å²) in [5.41, 5.74) is 0.917. The van der Waals surface area contributed by atoms with Crippen LogP contribution in [0.5, 0.6) is 5.75 Å². The SMILES string of the molecule is COc1ccc(/C=C/C(=O)N(C)Cc2nc(-c3cccs3)no2)cc1. The highest BCUT2D eigenvalue weighted by Gasteiger charge is 2.13. The Bertz CT molecular complexity index is 854. The molecule has 3 aromatic rings. The molecule has 0 saturated heterocycles. The maximum Gasteiger partial charge on any atom is 0.246 e. The second-order valence-corrected chi connectivity index (χ2v) is 6.24. The lowest BCUT2D eigenvalue weighted by atomic mass is 10.2. The van der Waals surface area contributed by atoms with Gasteiger partial charge >= 0.3 is 0 Å². The summed E-state index contributed by atoms with van der Waals surface area (Å²) in [6, 6.07) is 11.3. The van der Waals surface area contributed by atoms with Gasteiger partial charge in [-0.3, -0.25) is 4.79 Å². The van der Waals surface area contributed by atoms with E-state index in [1.807, 2.05) is 41.8 Å². The van der Waals surface area contributed by atoms with Crippen molar-refractivity contribution in [1.29, 1.82) is 0 Å². The molecular formula is C18H17N3O3S. The molecular weight excluding hydrogens is 338 g/mol. The van der Waals surface area contributed by atoms with Crippen molar-refractivity contribution in [1.82, 2.24) is 15.0 Å². The van der Waals surface area contributed by atoms with E-state index >= 15 is 0 Å². The first-order chi connectivity index (χ1) is 12.2. The van der Waals surface area contributed by atoms with E-state index in [1.54, 1.807) is 20.2 Å². The maximum atomic E-state index is 12.2. The predicted octanol–water partition coefficient (Wildman–Crippen LogP) is 3.48. The zero-order valence-electron chi connectivity index (χ0n) is 13.9. The van der Waals surface area contributed by atoms with Gasteiger partial charge in [-0.2, -0.15) is 4.98 Å². The van der Waals surface area contributed by atoms with E-state index in [9.17, 15) is 4.79 Å². The molecule has 25 heavy (non-hydrogen) atoms. The quantitative estimate of drug-likeness (QED) is 0.633. The van der Waals surface area contributed by atoms with Gasteiger partial charge in [0.2, 0.25) is 17.6 Å². The Morgan fingerprint density at radius 2 is 2.12 bits per heavy atom. The van der Waals surface area contributed by atoms with E-state index in [2.05, 4.69) is 10.1 Å². The van der Waals surface area contributed by atoms with Crippen molar-refractivity contribution in [2.24, 2.45) is 0 Å².